The summed E-state index contributed by atoms with van der Waals surface area (Å²) in [6, 6.07) is 2.85. The van der Waals surface area contributed by atoms with E-state index < -0.39 is 33.1 Å². The van der Waals surface area contributed by atoms with Gasteiger partial charge in [0.2, 0.25) is 0 Å². The van der Waals surface area contributed by atoms with E-state index in [1.807, 2.05) is 6.92 Å². The second-order valence-electron chi connectivity index (χ2n) is 6.53. The van der Waals surface area contributed by atoms with Gasteiger partial charge in [0.1, 0.15) is 5.01 Å². The SMILES string of the molecule is CCCCCN(Cc1nc(C(=O)OCC)cs1)C(=O)c1cc([N+](=O)[O-])cc([N+](=O)[O-])c1. The Morgan fingerprint density at radius 1 is 1.10 bits per heavy atom. The van der Waals surface area contributed by atoms with Crippen LogP contribution in [0.4, 0.5) is 11.4 Å². The van der Waals surface area contributed by atoms with Crippen LogP contribution in [0.2, 0.25) is 0 Å². The third-order valence-electron chi connectivity index (χ3n) is 4.25. The van der Waals surface area contributed by atoms with E-state index in [-0.39, 0.29) is 24.4 Å². The number of thiazole rings is 1. The number of nitro groups is 2. The molecule has 0 saturated heterocycles. The number of benzene rings is 1. The molecule has 1 amide bonds. The molecule has 166 valence electrons. The molecule has 11 nitrogen and oxygen atoms in total. The maximum absolute atomic E-state index is 13.1. The van der Waals surface area contributed by atoms with E-state index in [4.69, 9.17) is 4.74 Å². The minimum Gasteiger partial charge on any atom is -0.461 e. The Balaban J connectivity index is 2.32. The van der Waals surface area contributed by atoms with Crippen LogP contribution in [0.25, 0.3) is 0 Å². The molecule has 0 aliphatic rings. The number of ether oxygens (including phenoxy) is 1. The Kier molecular flexibility index (Phi) is 8.55. The van der Waals surface area contributed by atoms with E-state index in [1.54, 1.807) is 6.92 Å². The Labute approximate surface area is 182 Å². The largest absolute Gasteiger partial charge is 0.461 e. The predicted octanol–water partition coefficient (Wildman–Crippen LogP) is 3.97. The lowest BCUT2D eigenvalue weighted by Gasteiger charge is -2.21. The lowest BCUT2D eigenvalue weighted by Crippen LogP contribution is -2.31. The van der Waals surface area contributed by atoms with Crippen molar-refractivity contribution in [1.29, 1.82) is 0 Å². The van der Waals surface area contributed by atoms with Gasteiger partial charge in [-0.2, -0.15) is 0 Å². The van der Waals surface area contributed by atoms with Crippen molar-refractivity contribution in [3.05, 3.63) is 60.1 Å². The van der Waals surface area contributed by atoms with Crippen LogP contribution in [0, 0.1) is 20.2 Å². The van der Waals surface area contributed by atoms with Gasteiger partial charge < -0.3 is 9.64 Å². The second kappa shape index (κ2) is 11.1. The fourth-order valence-electron chi connectivity index (χ4n) is 2.76. The molecular weight excluding hydrogens is 428 g/mol. The van der Waals surface area contributed by atoms with Crippen molar-refractivity contribution in [2.45, 2.75) is 39.7 Å². The molecule has 31 heavy (non-hydrogen) atoms. The number of rotatable bonds is 11. The summed E-state index contributed by atoms with van der Waals surface area (Å²) >= 11 is 1.18. The summed E-state index contributed by atoms with van der Waals surface area (Å²) in [5, 5.41) is 24.3. The zero-order chi connectivity index (χ0) is 23.0. The van der Waals surface area contributed by atoms with Crippen LogP contribution in [0.15, 0.2) is 23.6 Å². The van der Waals surface area contributed by atoms with Gasteiger partial charge in [-0.25, -0.2) is 9.78 Å². The van der Waals surface area contributed by atoms with Crippen molar-refractivity contribution in [3.8, 4) is 0 Å². The lowest BCUT2D eigenvalue weighted by molar-refractivity contribution is -0.394. The second-order valence-corrected chi connectivity index (χ2v) is 7.48. The van der Waals surface area contributed by atoms with Gasteiger partial charge in [0.25, 0.3) is 17.3 Å². The molecule has 0 radical (unpaired) electrons. The molecule has 0 saturated carbocycles. The van der Waals surface area contributed by atoms with E-state index in [2.05, 4.69) is 4.98 Å². The Morgan fingerprint density at radius 2 is 1.74 bits per heavy atom. The number of carbonyl (C=O) groups excluding carboxylic acids is 2. The number of nitro benzene ring substituents is 2. The third-order valence-corrected chi connectivity index (χ3v) is 5.09. The summed E-state index contributed by atoms with van der Waals surface area (Å²) in [7, 11) is 0. The topological polar surface area (TPSA) is 146 Å². The van der Waals surface area contributed by atoms with Crippen LogP contribution in [0.1, 0.15) is 59.0 Å². The Bertz CT molecular complexity index is 944. The molecule has 0 fully saturated rings. The average Bonchev–Trinajstić information content (AvgIpc) is 3.21. The van der Waals surface area contributed by atoms with Crippen LogP contribution < -0.4 is 0 Å². The number of amides is 1. The molecular formula is C19H22N4O7S. The number of unbranched alkanes of at least 4 members (excludes halogenated alkanes) is 2. The first kappa shape index (κ1) is 23.9. The highest BCUT2D eigenvalue weighted by Gasteiger charge is 2.24. The van der Waals surface area contributed by atoms with Gasteiger partial charge in [-0.3, -0.25) is 25.0 Å². The molecule has 2 aromatic rings. The molecule has 0 bridgehead atoms. The highest BCUT2D eigenvalue weighted by molar-refractivity contribution is 7.09. The molecule has 0 aliphatic heterocycles. The summed E-state index contributed by atoms with van der Waals surface area (Å²) in [6.45, 7) is 4.28. The maximum atomic E-state index is 13.1. The first-order chi connectivity index (χ1) is 14.8. The molecule has 0 aliphatic carbocycles. The van der Waals surface area contributed by atoms with Crippen LogP contribution in [-0.2, 0) is 11.3 Å². The van der Waals surface area contributed by atoms with Crippen molar-refractivity contribution in [3.63, 3.8) is 0 Å². The minimum absolute atomic E-state index is 0.0586. The standard InChI is InChI=1S/C19H22N4O7S/c1-3-5-6-7-21(11-17-20-16(12-31-17)19(25)30-4-2)18(24)13-8-14(22(26)27)10-15(9-13)23(28)29/h8-10,12H,3-7,11H2,1-2H3. The summed E-state index contributed by atoms with van der Waals surface area (Å²) in [6.07, 6.45) is 2.44. The average molecular weight is 450 g/mol. The zero-order valence-corrected chi connectivity index (χ0v) is 17.9. The van der Waals surface area contributed by atoms with Gasteiger partial charge in [0, 0.05) is 24.1 Å². The van der Waals surface area contributed by atoms with Gasteiger partial charge in [0.05, 0.1) is 34.6 Å². The number of nitrogens with zero attached hydrogens (tertiary/aromatic N) is 4. The highest BCUT2D eigenvalue weighted by Crippen LogP contribution is 2.25. The van der Waals surface area contributed by atoms with Crippen LogP contribution >= 0.6 is 11.3 Å². The number of hydrogen-bond donors (Lipinski definition) is 0. The zero-order valence-electron chi connectivity index (χ0n) is 17.1. The van der Waals surface area contributed by atoms with Crippen LogP contribution in [0.5, 0.6) is 0 Å². The van der Waals surface area contributed by atoms with Crippen molar-refractivity contribution in [1.82, 2.24) is 9.88 Å². The normalized spacial score (nSPS) is 10.5. The summed E-state index contributed by atoms with van der Waals surface area (Å²) in [4.78, 5) is 51.3. The van der Waals surface area contributed by atoms with Gasteiger partial charge >= 0.3 is 5.97 Å². The summed E-state index contributed by atoms with van der Waals surface area (Å²) < 4.78 is 4.91. The molecule has 0 N–H and O–H groups in total. The lowest BCUT2D eigenvalue weighted by atomic mass is 10.1. The molecule has 1 aromatic heterocycles. The van der Waals surface area contributed by atoms with E-state index in [9.17, 15) is 29.8 Å². The van der Waals surface area contributed by atoms with E-state index >= 15 is 0 Å². The van der Waals surface area contributed by atoms with Gasteiger partial charge in [-0.15, -0.1) is 11.3 Å². The maximum Gasteiger partial charge on any atom is 0.357 e. The molecule has 12 heteroatoms. The van der Waals surface area contributed by atoms with Crippen LogP contribution in [0.3, 0.4) is 0 Å². The van der Waals surface area contributed by atoms with Gasteiger partial charge in [0.15, 0.2) is 5.69 Å². The van der Waals surface area contributed by atoms with Gasteiger partial charge in [-0.05, 0) is 13.3 Å². The van der Waals surface area contributed by atoms with E-state index in [0.29, 0.717) is 18.0 Å². The summed E-state index contributed by atoms with van der Waals surface area (Å²) in [5.74, 6) is -1.15. The van der Waals surface area contributed by atoms with Crippen LogP contribution in [-0.4, -0.2) is 44.8 Å². The molecule has 0 unspecified atom stereocenters. The summed E-state index contributed by atoms with van der Waals surface area (Å²) in [5.41, 5.74) is -1.09. The monoisotopic (exact) mass is 450 g/mol. The van der Waals surface area contributed by atoms with Crippen molar-refractivity contribution < 1.29 is 24.2 Å². The number of carbonyl (C=O) groups is 2. The molecule has 0 spiro atoms. The van der Waals surface area contributed by atoms with Crippen molar-refractivity contribution >= 4 is 34.6 Å². The molecule has 1 heterocycles. The highest BCUT2D eigenvalue weighted by atomic mass is 32.1. The fraction of sp³-hybridized carbons (Fsp3) is 0.421. The van der Waals surface area contributed by atoms with E-state index in [1.165, 1.54) is 21.6 Å². The fourth-order valence-corrected chi connectivity index (χ4v) is 3.54. The molecule has 2 rings (SSSR count). The third kappa shape index (κ3) is 6.54. The van der Waals surface area contributed by atoms with Crippen molar-refractivity contribution in [2.24, 2.45) is 0 Å². The Hall–Kier alpha value is -3.41. The predicted molar refractivity (Wildman–Crippen MR) is 112 cm³/mol. The molecule has 1 aromatic carbocycles. The number of hydrogen-bond acceptors (Lipinski definition) is 9. The van der Waals surface area contributed by atoms with E-state index in [0.717, 1.165) is 31.0 Å². The van der Waals surface area contributed by atoms with Gasteiger partial charge in [-0.1, -0.05) is 19.8 Å². The molecule has 0 atom stereocenters. The first-order valence-electron chi connectivity index (χ1n) is 9.61. The minimum atomic E-state index is -0.780. The smallest absolute Gasteiger partial charge is 0.357 e. The number of non-ortho nitro benzene ring substituents is 2. The Morgan fingerprint density at radius 3 is 2.29 bits per heavy atom. The number of esters is 1. The van der Waals surface area contributed by atoms with Crippen molar-refractivity contribution in [2.75, 3.05) is 13.2 Å². The first-order valence-corrected chi connectivity index (χ1v) is 10.5. The number of aromatic nitrogens is 1. The quantitative estimate of drug-likeness (QED) is 0.216.